The zero-order chi connectivity index (χ0) is 25.7. The van der Waals surface area contributed by atoms with E-state index in [0.29, 0.717) is 5.02 Å². The highest BCUT2D eigenvalue weighted by atomic mass is 35.5. The Labute approximate surface area is 221 Å². The third-order valence-electron chi connectivity index (χ3n) is 6.25. The number of thiazole rings is 1. The molecule has 0 atom stereocenters. The lowest BCUT2D eigenvalue weighted by Gasteiger charge is -2.13. The molecule has 0 spiro atoms. The first-order chi connectivity index (χ1) is 17.9. The quantitative estimate of drug-likeness (QED) is 0.274. The molecule has 4 heterocycles. The van der Waals surface area contributed by atoms with Gasteiger partial charge in [-0.3, -0.25) is 19.4 Å². The van der Waals surface area contributed by atoms with Gasteiger partial charge in [0.2, 0.25) is 0 Å². The van der Waals surface area contributed by atoms with E-state index in [4.69, 9.17) is 16.6 Å². The van der Waals surface area contributed by atoms with E-state index >= 15 is 0 Å². The Kier molecular flexibility index (Phi) is 5.70. The number of pyridine rings is 2. The fraction of sp³-hybridized carbons (Fsp3) is 0.107. The summed E-state index contributed by atoms with van der Waals surface area (Å²) >= 11 is 7.67. The van der Waals surface area contributed by atoms with E-state index in [1.54, 1.807) is 17.1 Å². The normalized spacial score (nSPS) is 11.4. The van der Waals surface area contributed by atoms with Gasteiger partial charge in [0.15, 0.2) is 0 Å². The van der Waals surface area contributed by atoms with Gasteiger partial charge in [-0.1, -0.05) is 23.7 Å². The van der Waals surface area contributed by atoms with Crippen molar-refractivity contribution in [1.82, 2.24) is 24.7 Å². The molecule has 2 aromatic carbocycles. The lowest BCUT2D eigenvalue weighted by molar-refractivity contribution is -0.136. The third-order valence-corrected chi connectivity index (χ3v) is 7.64. The van der Waals surface area contributed by atoms with Crippen molar-refractivity contribution in [1.29, 1.82) is 0 Å². The van der Waals surface area contributed by atoms with Crippen LogP contribution in [0.5, 0.6) is 0 Å². The lowest BCUT2D eigenvalue weighted by atomic mass is 9.93. The first-order valence-corrected chi connectivity index (χ1v) is 12.7. The number of nitrogens with zero attached hydrogens (tertiary/aromatic N) is 5. The van der Waals surface area contributed by atoms with E-state index in [9.17, 15) is 9.90 Å². The molecule has 0 amide bonds. The Bertz CT molecular complexity index is 1820. The number of rotatable bonds is 5. The number of benzene rings is 2. The van der Waals surface area contributed by atoms with Gasteiger partial charge in [-0.2, -0.15) is 5.10 Å². The third kappa shape index (κ3) is 4.34. The molecule has 0 bridgehead atoms. The van der Waals surface area contributed by atoms with Gasteiger partial charge in [-0.25, -0.2) is 4.98 Å². The highest BCUT2D eigenvalue weighted by Crippen LogP contribution is 2.41. The monoisotopic (exact) mass is 525 g/mol. The minimum Gasteiger partial charge on any atom is -0.481 e. The standard InChI is InChI=1S/C28H20ClN5O2S/c1-15-9-23-27(26(20(15)12-25(35)36)16-3-5-19(29)6-4-16)37-28(32-23)17-7-8-30-21(10-17)22-11-18-14-34(2)33-24(18)13-31-22/h3-11,13-14H,12H2,1-2H3,(H,35,36). The summed E-state index contributed by atoms with van der Waals surface area (Å²) in [5.74, 6) is -0.876. The number of hydrogen-bond acceptors (Lipinski definition) is 6. The Balaban J connectivity index is 1.50. The molecule has 6 aromatic rings. The molecule has 0 saturated carbocycles. The summed E-state index contributed by atoms with van der Waals surface area (Å²) < 4.78 is 2.70. The molecule has 7 nitrogen and oxygen atoms in total. The Hall–Kier alpha value is -4.14. The first-order valence-electron chi connectivity index (χ1n) is 11.5. The van der Waals surface area contributed by atoms with Crippen LogP contribution in [0, 0.1) is 6.92 Å². The summed E-state index contributed by atoms with van der Waals surface area (Å²) in [6, 6.07) is 15.3. The van der Waals surface area contributed by atoms with Crippen LogP contribution in [0.1, 0.15) is 11.1 Å². The molecule has 6 rings (SSSR count). The minimum atomic E-state index is -0.876. The summed E-state index contributed by atoms with van der Waals surface area (Å²) in [6.45, 7) is 1.93. The van der Waals surface area contributed by atoms with Crippen LogP contribution in [0.15, 0.2) is 67.1 Å². The molecule has 9 heteroatoms. The molecule has 0 unspecified atom stereocenters. The molecule has 4 aromatic heterocycles. The second kappa shape index (κ2) is 9.06. The van der Waals surface area contributed by atoms with Crippen LogP contribution in [0.2, 0.25) is 5.02 Å². The van der Waals surface area contributed by atoms with Gasteiger partial charge in [0.05, 0.1) is 34.2 Å². The van der Waals surface area contributed by atoms with Crippen LogP contribution in [0.3, 0.4) is 0 Å². The fourth-order valence-corrected chi connectivity index (χ4v) is 5.81. The van der Waals surface area contributed by atoms with Gasteiger partial charge in [0.1, 0.15) is 10.5 Å². The Morgan fingerprint density at radius 2 is 1.81 bits per heavy atom. The van der Waals surface area contributed by atoms with E-state index in [1.807, 2.05) is 68.7 Å². The van der Waals surface area contributed by atoms with E-state index in [2.05, 4.69) is 15.1 Å². The van der Waals surface area contributed by atoms with Gasteiger partial charge in [0, 0.05) is 41.0 Å². The molecule has 37 heavy (non-hydrogen) atoms. The Morgan fingerprint density at radius 3 is 2.59 bits per heavy atom. The zero-order valence-corrected chi connectivity index (χ0v) is 21.5. The van der Waals surface area contributed by atoms with Gasteiger partial charge in [-0.15, -0.1) is 11.3 Å². The molecular formula is C28H20ClN5O2S. The van der Waals surface area contributed by atoms with Crippen LogP contribution < -0.4 is 0 Å². The molecule has 1 N–H and O–H groups in total. The van der Waals surface area contributed by atoms with Crippen molar-refractivity contribution < 1.29 is 9.90 Å². The number of aliphatic carboxylic acids is 1. The molecular weight excluding hydrogens is 506 g/mol. The number of halogens is 1. The SMILES string of the molecule is Cc1cc2nc(-c3ccnc(-c4cc5cn(C)nc5cn4)c3)sc2c(-c2ccc(Cl)cc2)c1CC(=O)O. The summed E-state index contributed by atoms with van der Waals surface area (Å²) in [5, 5.41) is 16.4. The molecule has 0 saturated heterocycles. The van der Waals surface area contributed by atoms with Crippen molar-refractivity contribution in [3.63, 3.8) is 0 Å². The van der Waals surface area contributed by atoms with E-state index in [-0.39, 0.29) is 6.42 Å². The van der Waals surface area contributed by atoms with E-state index in [1.165, 1.54) is 11.3 Å². The first kappa shape index (κ1) is 23.3. The van der Waals surface area contributed by atoms with Crippen LogP contribution in [0.25, 0.3) is 54.2 Å². The van der Waals surface area contributed by atoms with Crippen molar-refractivity contribution in [2.45, 2.75) is 13.3 Å². The molecule has 0 fully saturated rings. The van der Waals surface area contributed by atoms with Gasteiger partial charge in [-0.05, 0) is 60.0 Å². The van der Waals surface area contributed by atoms with Gasteiger partial charge in [0.25, 0.3) is 0 Å². The largest absolute Gasteiger partial charge is 0.481 e. The fourth-order valence-electron chi connectivity index (χ4n) is 4.55. The summed E-state index contributed by atoms with van der Waals surface area (Å²) in [6.07, 6.45) is 5.39. The van der Waals surface area contributed by atoms with Crippen LogP contribution in [-0.4, -0.2) is 35.8 Å². The average molecular weight is 526 g/mol. The van der Waals surface area contributed by atoms with Crippen molar-refractivity contribution >= 4 is 50.0 Å². The maximum absolute atomic E-state index is 11.7. The van der Waals surface area contributed by atoms with Gasteiger partial charge < -0.3 is 5.11 Å². The molecule has 0 aliphatic heterocycles. The van der Waals surface area contributed by atoms with Crippen molar-refractivity contribution in [3.05, 3.63) is 83.3 Å². The second-order valence-electron chi connectivity index (χ2n) is 8.85. The molecule has 0 aliphatic carbocycles. The maximum Gasteiger partial charge on any atom is 0.307 e. The molecule has 0 radical (unpaired) electrons. The maximum atomic E-state index is 11.7. The smallest absolute Gasteiger partial charge is 0.307 e. The topological polar surface area (TPSA) is 93.8 Å². The molecule has 182 valence electrons. The minimum absolute atomic E-state index is 0.0745. The lowest BCUT2D eigenvalue weighted by Crippen LogP contribution is -2.04. The van der Waals surface area contributed by atoms with Gasteiger partial charge >= 0.3 is 5.97 Å². The number of aryl methyl sites for hydroxylation is 2. The number of carboxylic acids is 1. The zero-order valence-electron chi connectivity index (χ0n) is 19.9. The summed E-state index contributed by atoms with van der Waals surface area (Å²) in [5.41, 5.74) is 7.53. The van der Waals surface area contributed by atoms with Crippen molar-refractivity contribution in [3.8, 4) is 33.1 Å². The average Bonchev–Trinajstić information content (AvgIpc) is 3.47. The number of aromatic nitrogens is 5. The summed E-state index contributed by atoms with van der Waals surface area (Å²) in [4.78, 5) is 25.8. The predicted molar refractivity (Wildman–Crippen MR) is 147 cm³/mol. The molecule has 0 aliphatic rings. The highest BCUT2D eigenvalue weighted by molar-refractivity contribution is 7.22. The van der Waals surface area contributed by atoms with Crippen molar-refractivity contribution in [2.75, 3.05) is 0 Å². The Morgan fingerprint density at radius 1 is 1.03 bits per heavy atom. The predicted octanol–water partition coefficient (Wildman–Crippen LogP) is 6.56. The van der Waals surface area contributed by atoms with Crippen LogP contribution in [-0.2, 0) is 18.3 Å². The number of carboxylic acid groups (broad SMARTS) is 1. The van der Waals surface area contributed by atoms with Crippen LogP contribution in [0.4, 0.5) is 0 Å². The van der Waals surface area contributed by atoms with Crippen molar-refractivity contribution in [2.24, 2.45) is 7.05 Å². The van der Waals surface area contributed by atoms with E-state index < -0.39 is 5.97 Å². The highest BCUT2D eigenvalue weighted by Gasteiger charge is 2.20. The number of carbonyl (C=O) groups is 1. The van der Waals surface area contributed by atoms with Crippen LogP contribution >= 0.6 is 22.9 Å². The number of hydrogen-bond donors (Lipinski definition) is 1. The summed E-state index contributed by atoms with van der Waals surface area (Å²) in [7, 11) is 1.88. The number of fused-ring (bicyclic) bond motifs is 2. The second-order valence-corrected chi connectivity index (χ2v) is 10.3. The van der Waals surface area contributed by atoms with E-state index in [0.717, 1.165) is 65.3 Å².